The Morgan fingerprint density at radius 2 is 1.67 bits per heavy atom. The van der Waals surface area contributed by atoms with Crippen molar-refractivity contribution >= 4 is 0 Å². The molecule has 0 saturated heterocycles. The maximum absolute atomic E-state index is 8.46. The van der Waals surface area contributed by atoms with E-state index in [1.807, 2.05) is 0 Å². The van der Waals surface area contributed by atoms with Crippen molar-refractivity contribution in [3.63, 3.8) is 0 Å². The number of nitrogens with two attached hydrogens (primary N) is 1. The lowest BCUT2D eigenvalue weighted by atomic mass is 10.2. The highest BCUT2D eigenvalue weighted by molar-refractivity contribution is 4.77. The molecule has 0 heterocycles. The van der Waals surface area contributed by atoms with Crippen LogP contribution in [0.5, 0.6) is 0 Å². The molecule has 0 aromatic carbocycles. The summed E-state index contributed by atoms with van der Waals surface area (Å²) in [5.41, 5.74) is 3.98. The largest absolute Gasteiger partial charge is 0.393 e. The predicted molar refractivity (Wildman–Crippen MR) is 31.3 cm³/mol. The molecule has 0 unspecified atom stereocenters. The summed E-state index contributed by atoms with van der Waals surface area (Å²) >= 11 is 0. The van der Waals surface area contributed by atoms with Crippen LogP contribution in [0.25, 0.3) is 0 Å². The van der Waals surface area contributed by atoms with Crippen LogP contribution in [-0.4, -0.2) is 40.9 Å². The van der Waals surface area contributed by atoms with Gasteiger partial charge in [0.1, 0.15) is 5.66 Å². The zero-order valence-corrected chi connectivity index (χ0v) is 5.04. The van der Waals surface area contributed by atoms with Gasteiger partial charge >= 0.3 is 0 Å². The van der Waals surface area contributed by atoms with Crippen molar-refractivity contribution in [1.29, 1.82) is 0 Å². The van der Waals surface area contributed by atoms with E-state index in [-0.39, 0.29) is 6.73 Å². The lowest BCUT2D eigenvalue weighted by Crippen LogP contribution is -2.59. The van der Waals surface area contributed by atoms with Gasteiger partial charge in [0, 0.05) is 0 Å². The van der Waals surface area contributed by atoms with Crippen LogP contribution in [0.15, 0.2) is 0 Å². The Kier molecular flexibility index (Phi) is 3.67. The van der Waals surface area contributed by atoms with E-state index in [9.17, 15) is 0 Å². The normalized spacial score (nSPS) is 12.0. The van der Waals surface area contributed by atoms with E-state index < -0.39 is 18.9 Å². The first-order chi connectivity index (χ1) is 4.18. The first-order valence-electron chi connectivity index (χ1n) is 2.55. The van der Waals surface area contributed by atoms with E-state index in [0.717, 1.165) is 0 Å². The van der Waals surface area contributed by atoms with E-state index in [0.29, 0.717) is 0 Å². The van der Waals surface area contributed by atoms with Crippen LogP contribution in [0.1, 0.15) is 0 Å². The van der Waals surface area contributed by atoms with Crippen molar-refractivity contribution in [3.8, 4) is 0 Å². The second kappa shape index (κ2) is 3.76. The van der Waals surface area contributed by atoms with Gasteiger partial charge in [0.2, 0.25) is 0 Å². The zero-order valence-electron chi connectivity index (χ0n) is 5.04. The summed E-state index contributed by atoms with van der Waals surface area (Å²) in [5.74, 6) is 0. The molecule has 5 heteroatoms. The Morgan fingerprint density at radius 1 is 1.22 bits per heavy atom. The second-order valence-corrected chi connectivity index (χ2v) is 1.81. The van der Waals surface area contributed by atoms with Gasteiger partial charge < -0.3 is 21.1 Å². The molecule has 6 N–H and O–H groups in total. The molecule has 9 heavy (non-hydrogen) atoms. The summed E-state index contributed by atoms with van der Waals surface area (Å²) in [4.78, 5) is 0. The van der Waals surface area contributed by atoms with Gasteiger partial charge in [-0.25, -0.2) is 0 Å². The predicted octanol–water partition coefficient (Wildman–Crippen LogP) is -2.83. The van der Waals surface area contributed by atoms with E-state index in [1.54, 1.807) is 0 Å². The maximum atomic E-state index is 8.46. The fourth-order valence-electron chi connectivity index (χ4n) is 0.319. The SMILES string of the molecule is NC(CO)(CO)NCO. The van der Waals surface area contributed by atoms with Crippen molar-refractivity contribution in [2.75, 3.05) is 19.9 Å². The highest BCUT2D eigenvalue weighted by Crippen LogP contribution is 1.88. The van der Waals surface area contributed by atoms with Crippen LogP contribution in [0.3, 0.4) is 0 Å². The van der Waals surface area contributed by atoms with Crippen molar-refractivity contribution in [1.82, 2.24) is 5.32 Å². The fourth-order valence-corrected chi connectivity index (χ4v) is 0.319. The molecule has 0 aliphatic carbocycles. The van der Waals surface area contributed by atoms with Crippen LogP contribution in [0.4, 0.5) is 0 Å². The minimum absolute atomic E-state index is 0.363. The van der Waals surface area contributed by atoms with Gasteiger partial charge in [-0.2, -0.15) is 0 Å². The zero-order chi connectivity index (χ0) is 7.33. The average Bonchev–Trinajstić information content (AvgIpc) is 1.89. The van der Waals surface area contributed by atoms with Gasteiger partial charge in [0.05, 0.1) is 19.9 Å². The Balaban J connectivity index is 3.62. The molecule has 0 atom stereocenters. The molecule has 0 spiro atoms. The van der Waals surface area contributed by atoms with Gasteiger partial charge in [-0.1, -0.05) is 0 Å². The van der Waals surface area contributed by atoms with Crippen LogP contribution < -0.4 is 11.1 Å². The fraction of sp³-hybridized carbons (Fsp3) is 1.00. The van der Waals surface area contributed by atoms with Crippen molar-refractivity contribution in [3.05, 3.63) is 0 Å². The monoisotopic (exact) mass is 136 g/mol. The topological polar surface area (TPSA) is 98.7 Å². The molecule has 5 nitrogen and oxygen atoms in total. The summed E-state index contributed by atoms with van der Waals surface area (Å²) < 4.78 is 0. The summed E-state index contributed by atoms with van der Waals surface area (Å²) in [6.07, 6.45) is 0. The number of hydrogen-bond donors (Lipinski definition) is 5. The Labute approximate surface area is 53.1 Å². The van der Waals surface area contributed by atoms with Crippen molar-refractivity contribution in [2.24, 2.45) is 5.73 Å². The van der Waals surface area contributed by atoms with E-state index in [4.69, 9.17) is 21.1 Å². The third-order valence-electron chi connectivity index (χ3n) is 0.995. The lowest BCUT2D eigenvalue weighted by Gasteiger charge is -2.24. The standard InChI is InChI=1S/C4H12N2O3/c5-4(1-7,2-8)6-3-9/h6-9H,1-3,5H2. The first kappa shape index (κ1) is 8.80. The first-order valence-corrected chi connectivity index (χ1v) is 2.55. The molecule has 0 bridgehead atoms. The highest BCUT2D eigenvalue weighted by atomic mass is 16.3. The van der Waals surface area contributed by atoms with E-state index in [2.05, 4.69) is 5.32 Å². The number of nitrogens with one attached hydrogen (secondary N) is 1. The second-order valence-electron chi connectivity index (χ2n) is 1.81. The smallest absolute Gasteiger partial charge is 0.115 e. The molecular weight excluding hydrogens is 124 g/mol. The highest BCUT2D eigenvalue weighted by Gasteiger charge is 2.20. The molecule has 0 rings (SSSR count). The summed E-state index contributed by atoms with van der Waals surface area (Å²) in [6.45, 7) is -1.19. The molecule has 0 aliphatic rings. The molecule has 0 aromatic heterocycles. The molecule has 56 valence electrons. The average molecular weight is 136 g/mol. The third kappa shape index (κ3) is 2.73. The van der Waals surface area contributed by atoms with Gasteiger partial charge in [-0.05, 0) is 0 Å². The lowest BCUT2D eigenvalue weighted by molar-refractivity contribution is 0.0704. The molecule has 0 aromatic rings. The molecule has 0 radical (unpaired) electrons. The van der Waals surface area contributed by atoms with Gasteiger partial charge in [0.25, 0.3) is 0 Å². The van der Waals surface area contributed by atoms with Gasteiger partial charge in [0.15, 0.2) is 0 Å². The molecule has 0 fully saturated rings. The minimum atomic E-state index is -1.26. The van der Waals surface area contributed by atoms with Crippen LogP contribution >= 0.6 is 0 Å². The Bertz CT molecular complexity index is 74.2. The number of aliphatic hydroxyl groups excluding tert-OH is 3. The van der Waals surface area contributed by atoms with E-state index >= 15 is 0 Å². The van der Waals surface area contributed by atoms with Crippen LogP contribution in [-0.2, 0) is 0 Å². The number of hydrogen-bond acceptors (Lipinski definition) is 5. The molecule has 0 saturated carbocycles. The summed E-state index contributed by atoms with van der Waals surface area (Å²) in [7, 11) is 0. The van der Waals surface area contributed by atoms with E-state index in [1.165, 1.54) is 0 Å². The maximum Gasteiger partial charge on any atom is 0.115 e. The third-order valence-corrected chi connectivity index (χ3v) is 0.995. The van der Waals surface area contributed by atoms with Crippen LogP contribution in [0.2, 0.25) is 0 Å². The minimum Gasteiger partial charge on any atom is -0.393 e. The molecular formula is C4H12N2O3. The van der Waals surface area contributed by atoms with Gasteiger partial charge in [-0.3, -0.25) is 5.32 Å². The Hall–Kier alpha value is -0.200. The molecule has 0 aliphatic heterocycles. The van der Waals surface area contributed by atoms with Crippen molar-refractivity contribution in [2.45, 2.75) is 5.66 Å². The van der Waals surface area contributed by atoms with Gasteiger partial charge in [-0.15, -0.1) is 0 Å². The molecule has 0 amide bonds. The quantitative estimate of drug-likeness (QED) is 0.268. The van der Waals surface area contributed by atoms with Crippen molar-refractivity contribution < 1.29 is 15.3 Å². The Morgan fingerprint density at radius 3 is 1.78 bits per heavy atom. The summed E-state index contributed by atoms with van der Waals surface area (Å²) in [5, 5.41) is 27.5. The summed E-state index contributed by atoms with van der Waals surface area (Å²) in [6, 6.07) is 0. The number of aliphatic hydroxyl groups is 3. The van der Waals surface area contributed by atoms with Crippen LogP contribution in [0, 0.1) is 0 Å². The number of rotatable bonds is 4.